The monoisotopic (exact) mass is 543 g/mol. The van der Waals surface area contributed by atoms with Gasteiger partial charge in [-0.25, -0.2) is 9.59 Å². The maximum atomic E-state index is 12.4. The number of alkyl halides is 6. The molecule has 0 radical (unpaired) electrons. The molecular weight excluding hydrogens is 516 g/mol. The lowest BCUT2D eigenvalue weighted by atomic mass is 10.1. The number of halogens is 6. The van der Waals surface area contributed by atoms with Gasteiger partial charge in [-0.15, -0.1) is 0 Å². The van der Waals surface area contributed by atoms with Crippen molar-refractivity contribution < 1.29 is 55.7 Å². The van der Waals surface area contributed by atoms with Crippen molar-refractivity contribution in [2.75, 3.05) is 19.7 Å². The summed E-state index contributed by atoms with van der Waals surface area (Å²) in [5, 5.41) is 17.4. The van der Waals surface area contributed by atoms with E-state index in [0.717, 1.165) is 45.0 Å². The normalized spacial score (nSPS) is 23.5. The number of fused-ring (bicyclic) bond motifs is 1. The number of carboxylic acids is 2. The van der Waals surface area contributed by atoms with Gasteiger partial charge in [0.1, 0.15) is 0 Å². The molecule has 0 aromatic carbocycles. The molecule has 9 nitrogen and oxygen atoms in total. The van der Waals surface area contributed by atoms with E-state index in [-0.39, 0.29) is 17.9 Å². The van der Waals surface area contributed by atoms with Crippen LogP contribution >= 0.6 is 0 Å². The molecule has 1 amide bonds. The Kier molecular flexibility index (Phi) is 10.7. The Morgan fingerprint density at radius 1 is 1.00 bits per heavy atom. The summed E-state index contributed by atoms with van der Waals surface area (Å²) in [5.41, 5.74) is 1.28. The van der Waals surface area contributed by atoms with Crippen molar-refractivity contribution in [1.82, 2.24) is 15.2 Å². The Morgan fingerprint density at radius 2 is 1.54 bits per heavy atom. The first kappa shape index (κ1) is 30.3. The van der Waals surface area contributed by atoms with Gasteiger partial charge in [-0.2, -0.15) is 26.3 Å². The van der Waals surface area contributed by atoms with Crippen molar-refractivity contribution in [1.29, 1.82) is 0 Å². The molecule has 3 atom stereocenters. The largest absolute Gasteiger partial charge is 0.490 e. The Balaban J connectivity index is 0.000000286. The predicted molar refractivity (Wildman–Crippen MR) is 114 cm³/mol. The number of carboxylic acid groups (broad SMARTS) is 2. The number of ether oxygens (including phenoxy) is 1. The summed E-state index contributed by atoms with van der Waals surface area (Å²) in [5.74, 6) is -4.43. The second-order valence-corrected chi connectivity index (χ2v) is 8.77. The van der Waals surface area contributed by atoms with Crippen LogP contribution in [0.3, 0.4) is 0 Å². The lowest BCUT2D eigenvalue weighted by Crippen LogP contribution is -2.47. The third-order valence-electron chi connectivity index (χ3n) is 5.90. The van der Waals surface area contributed by atoms with Crippen molar-refractivity contribution in [2.24, 2.45) is 11.8 Å². The third kappa shape index (κ3) is 10.5. The molecule has 2 saturated carbocycles. The van der Waals surface area contributed by atoms with Crippen molar-refractivity contribution in [3.05, 3.63) is 30.1 Å². The van der Waals surface area contributed by atoms with E-state index in [1.165, 1.54) is 18.4 Å². The second kappa shape index (κ2) is 13.0. The standard InChI is InChI=1S/C18H25N3O2.2C2HF3O2/c22-18(20-11-13-1-2-13)15-9-16-17(10-15)23-8-7-21(16)12-14-3-5-19-6-4-14;2*3-2(4,5)1(6)7/h3-6,13,15-17H,1-2,7-12H2,(H,20,22);2*(H,6,7)/t15-,16+,17+;;/m0../s1. The quantitative estimate of drug-likeness (QED) is 0.484. The molecule has 3 N–H and O–H groups in total. The van der Waals surface area contributed by atoms with Gasteiger partial charge in [0.25, 0.3) is 0 Å². The fraction of sp³-hybridized carbons (Fsp3) is 0.636. The van der Waals surface area contributed by atoms with E-state index >= 15 is 0 Å². The lowest BCUT2D eigenvalue weighted by molar-refractivity contribution is -0.193. The van der Waals surface area contributed by atoms with Crippen molar-refractivity contribution in [3.8, 4) is 0 Å². The van der Waals surface area contributed by atoms with Crippen LogP contribution in [0, 0.1) is 11.8 Å². The van der Waals surface area contributed by atoms with Crippen LogP contribution in [0.2, 0.25) is 0 Å². The van der Waals surface area contributed by atoms with Crippen LogP contribution in [0.25, 0.3) is 0 Å². The molecule has 1 aliphatic heterocycles. The minimum absolute atomic E-state index is 0.113. The van der Waals surface area contributed by atoms with E-state index in [9.17, 15) is 31.1 Å². The summed E-state index contributed by atoms with van der Waals surface area (Å²) >= 11 is 0. The van der Waals surface area contributed by atoms with E-state index in [2.05, 4.69) is 27.3 Å². The molecule has 3 aliphatic rings. The summed E-state index contributed by atoms with van der Waals surface area (Å²) in [6.07, 6.45) is -1.92. The summed E-state index contributed by atoms with van der Waals surface area (Å²) < 4.78 is 69.4. The lowest BCUT2D eigenvalue weighted by Gasteiger charge is -2.37. The van der Waals surface area contributed by atoms with Crippen LogP contribution < -0.4 is 5.32 Å². The number of nitrogens with zero attached hydrogens (tertiary/aromatic N) is 2. The SMILES string of the molecule is O=C(NCC1CC1)[C@H]1C[C@@H]2[C@@H](C1)OCCN2Cc1ccncc1.O=C(O)C(F)(F)F.O=C(O)C(F)(F)F. The molecule has 2 heterocycles. The van der Waals surface area contributed by atoms with Crippen LogP contribution in [0.5, 0.6) is 0 Å². The molecule has 0 bridgehead atoms. The Morgan fingerprint density at radius 3 is 2.03 bits per heavy atom. The molecule has 0 unspecified atom stereocenters. The zero-order valence-corrected chi connectivity index (χ0v) is 19.5. The Labute approximate surface area is 207 Å². The number of amides is 1. The molecule has 1 aromatic heterocycles. The van der Waals surface area contributed by atoms with Gasteiger partial charge in [0, 0.05) is 44.0 Å². The molecule has 15 heteroatoms. The molecule has 2 aliphatic carbocycles. The molecular formula is C22H27F6N3O6. The predicted octanol–water partition coefficient (Wildman–Crippen LogP) is 2.85. The molecule has 0 spiro atoms. The maximum absolute atomic E-state index is 12.4. The number of morpholine rings is 1. The van der Waals surface area contributed by atoms with Crippen LogP contribution in [0.1, 0.15) is 31.2 Å². The van der Waals surface area contributed by atoms with Crippen LogP contribution in [0.15, 0.2) is 24.5 Å². The topological polar surface area (TPSA) is 129 Å². The van der Waals surface area contributed by atoms with Crippen LogP contribution in [-0.2, 0) is 25.7 Å². The molecule has 1 aromatic rings. The van der Waals surface area contributed by atoms with Gasteiger partial charge in [-0.3, -0.25) is 14.7 Å². The molecule has 208 valence electrons. The highest BCUT2D eigenvalue weighted by molar-refractivity contribution is 5.79. The minimum Gasteiger partial charge on any atom is -0.475 e. The van der Waals surface area contributed by atoms with Gasteiger partial charge in [0.15, 0.2) is 0 Å². The van der Waals surface area contributed by atoms with Crippen LogP contribution in [-0.4, -0.2) is 82.1 Å². The fourth-order valence-corrected chi connectivity index (χ4v) is 3.87. The number of hydrogen-bond acceptors (Lipinski definition) is 6. The average Bonchev–Trinajstić information content (AvgIpc) is 3.53. The summed E-state index contributed by atoms with van der Waals surface area (Å²) in [6.45, 7) is 3.50. The van der Waals surface area contributed by atoms with E-state index < -0.39 is 24.3 Å². The van der Waals surface area contributed by atoms with E-state index in [0.29, 0.717) is 6.04 Å². The van der Waals surface area contributed by atoms with Crippen molar-refractivity contribution in [3.63, 3.8) is 0 Å². The van der Waals surface area contributed by atoms with Gasteiger partial charge in [0.05, 0.1) is 12.7 Å². The second-order valence-electron chi connectivity index (χ2n) is 8.77. The first-order valence-electron chi connectivity index (χ1n) is 11.3. The van der Waals surface area contributed by atoms with Crippen molar-refractivity contribution >= 4 is 17.8 Å². The number of aliphatic carboxylic acids is 2. The Bertz CT molecular complexity index is 886. The highest BCUT2D eigenvalue weighted by atomic mass is 19.4. The highest BCUT2D eigenvalue weighted by Gasteiger charge is 2.43. The molecule has 4 rings (SSSR count). The third-order valence-corrected chi connectivity index (χ3v) is 5.90. The number of carbonyl (C=O) groups excluding carboxylic acids is 1. The zero-order chi connectivity index (χ0) is 27.8. The van der Waals surface area contributed by atoms with Gasteiger partial charge in [-0.05, 0) is 49.3 Å². The first-order valence-corrected chi connectivity index (χ1v) is 11.3. The van der Waals surface area contributed by atoms with Gasteiger partial charge in [0.2, 0.25) is 5.91 Å². The maximum Gasteiger partial charge on any atom is 0.490 e. The van der Waals surface area contributed by atoms with Crippen LogP contribution in [0.4, 0.5) is 26.3 Å². The highest BCUT2D eigenvalue weighted by Crippen LogP contribution is 2.35. The minimum atomic E-state index is -5.08. The number of aromatic nitrogens is 1. The molecule has 1 saturated heterocycles. The number of nitrogens with one attached hydrogen (secondary N) is 1. The average molecular weight is 543 g/mol. The van der Waals surface area contributed by atoms with E-state index in [1.807, 2.05) is 12.4 Å². The zero-order valence-electron chi connectivity index (χ0n) is 19.5. The Hall–Kier alpha value is -2.94. The van der Waals surface area contributed by atoms with Gasteiger partial charge < -0.3 is 20.3 Å². The van der Waals surface area contributed by atoms with Crippen molar-refractivity contribution in [2.45, 2.75) is 56.7 Å². The number of carbonyl (C=O) groups is 3. The summed E-state index contributed by atoms with van der Waals surface area (Å²) in [4.78, 5) is 36.8. The molecule has 37 heavy (non-hydrogen) atoms. The first-order chi connectivity index (χ1) is 17.2. The fourth-order valence-electron chi connectivity index (χ4n) is 3.87. The number of pyridine rings is 1. The smallest absolute Gasteiger partial charge is 0.475 e. The number of rotatable bonds is 5. The van der Waals surface area contributed by atoms with E-state index in [1.54, 1.807) is 0 Å². The number of hydrogen-bond donors (Lipinski definition) is 3. The van der Waals surface area contributed by atoms with Gasteiger partial charge in [-0.1, -0.05) is 0 Å². The molecule has 3 fully saturated rings. The summed E-state index contributed by atoms with van der Waals surface area (Å²) in [7, 11) is 0. The van der Waals surface area contributed by atoms with E-state index in [4.69, 9.17) is 24.5 Å². The van der Waals surface area contributed by atoms with Gasteiger partial charge >= 0.3 is 24.3 Å². The summed E-state index contributed by atoms with van der Waals surface area (Å²) in [6, 6.07) is 4.51.